The monoisotopic (exact) mass is 281 g/mol. The highest BCUT2D eigenvalue weighted by Gasteiger charge is 2.17. The lowest BCUT2D eigenvalue weighted by molar-refractivity contribution is -0.384. The molecule has 0 saturated carbocycles. The van der Waals surface area contributed by atoms with Crippen molar-refractivity contribution < 1.29 is 9.31 Å². The third-order valence-electron chi connectivity index (χ3n) is 2.47. The third-order valence-corrected chi connectivity index (χ3v) is 2.76. The van der Waals surface area contributed by atoms with Crippen molar-refractivity contribution in [3.05, 3.63) is 63.2 Å². The van der Waals surface area contributed by atoms with Crippen molar-refractivity contribution in [1.82, 2.24) is 4.98 Å². The van der Waals surface area contributed by atoms with Gasteiger partial charge in [0.1, 0.15) is 11.5 Å². The van der Waals surface area contributed by atoms with Gasteiger partial charge in [0, 0.05) is 31.1 Å². The smallest absolute Gasteiger partial charge is 0.294 e. The highest BCUT2D eigenvalue weighted by molar-refractivity contribution is 6.31. The molecule has 2 aromatic rings. The van der Waals surface area contributed by atoms with Gasteiger partial charge in [0.05, 0.1) is 9.95 Å². The van der Waals surface area contributed by atoms with Crippen LogP contribution in [0.1, 0.15) is 5.56 Å². The molecular weight excluding hydrogens is 273 g/mol. The van der Waals surface area contributed by atoms with E-state index in [1.165, 1.54) is 0 Å². The van der Waals surface area contributed by atoms with E-state index in [4.69, 9.17) is 11.6 Å². The average Bonchev–Trinajstić information content (AvgIpc) is 2.40. The van der Waals surface area contributed by atoms with Crippen molar-refractivity contribution in [3.8, 4) is 0 Å². The zero-order chi connectivity index (χ0) is 13.8. The Morgan fingerprint density at radius 2 is 2.05 bits per heavy atom. The molecular formula is C12H9ClFN3O2. The first-order valence-electron chi connectivity index (χ1n) is 5.34. The van der Waals surface area contributed by atoms with Gasteiger partial charge in [-0.05, 0) is 17.7 Å². The minimum Gasteiger partial charge on any atom is -0.375 e. The Bertz CT molecular complexity index is 607. The van der Waals surface area contributed by atoms with Gasteiger partial charge < -0.3 is 5.32 Å². The van der Waals surface area contributed by atoms with Gasteiger partial charge in [0.15, 0.2) is 0 Å². The van der Waals surface area contributed by atoms with Crippen molar-refractivity contribution in [2.45, 2.75) is 6.54 Å². The average molecular weight is 282 g/mol. The molecule has 0 bridgehead atoms. The molecule has 7 heteroatoms. The zero-order valence-electron chi connectivity index (χ0n) is 9.64. The van der Waals surface area contributed by atoms with E-state index in [-0.39, 0.29) is 16.4 Å². The van der Waals surface area contributed by atoms with Crippen LogP contribution in [0, 0.1) is 15.9 Å². The standard InChI is InChI=1S/C12H9ClFN3O2/c13-9-5-12(17(18)19)11(6-10(9)14)16-7-8-1-3-15-4-2-8/h1-6,16H,7H2. The number of benzene rings is 1. The summed E-state index contributed by atoms with van der Waals surface area (Å²) in [5.41, 5.74) is 0.698. The largest absolute Gasteiger partial charge is 0.375 e. The molecule has 0 unspecified atom stereocenters. The number of nitrogens with one attached hydrogen (secondary N) is 1. The van der Waals surface area contributed by atoms with E-state index in [0.717, 1.165) is 17.7 Å². The van der Waals surface area contributed by atoms with E-state index in [2.05, 4.69) is 10.3 Å². The van der Waals surface area contributed by atoms with Crippen LogP contribution in [-0.2, 0) is 6.54 Å². The summed E-state index contributed by atoms with van der Waals surface area (Å²) in [6.07, 6.45) is 3.21. The van der Waals surface area contributed by atoms with E-state index in [1.54, 1.807) is 24.5 Å². The van der Waals surface area contributed by atoms with Gasteiger partial charge in [-0.25, -0.2) is 4.39 Å². The Morgan fingerprint density at radius 1 is 1.37 bits per heavy atom. The zero-order valence-corrected chi connectivity index (χ0v) is 10.4. The van der Waals surface area contributed by atoms with Gasteiger partial charge in [-0.2, -0.15) is 0 Å². The van der Waals surface area contributed by atoms with Gasteiger partial charge in [-0.3, -0.25) is 15.1 Å². The van der Waals surface area contributed by atoms with Crippen LogP contribution in [-0.4, -0.2) is 9.91 Å². The van der Waals surface area contributed by atoms with Gasteiger partial charge in [-0.1, -0.05) is 11.6 Å². The second-order valence-electron chi connectivity index (χ2n) is 3.75. The lowest BCUT2D eigenvalue weighted by Gasteiger charge is -2.08. The van der Waals surface area contributed by atoms with Crippen LogP contribution in [0.25, 0.3) is 0 Å². The fourth-order valence-electron chi connectivity index (χ4n) is 1.53. The lowest BCUT2D eigenvalue weighted by atomic mass is 10.2. The summed E-state index contributed by atoms with van der Waals surface area (Å²) in [6, 6.07) is 5.52. The number of nitrogens with zero attached hydrogens (tertiary/aromatic N) is 2. The van der Waals surface area contributed by atoms with E-state index in [1.807, 2.05) is 0 Å². The first-order chi connectivity index (χ1) is 9.08. The number of pyridine rings is 1. The van der Waals surface area contributed by atoms with E-state index < -0.39 is 10.7 Å². The molecule has 5 nitrogen and oxygen atoms in total. The molecule has 0 fully saturated rings. The topological polar surface area (TPSA) is 68.1 Å². The fourth-order valence-corrected chi connectivity index (χ4v) is 1.68. The first-order valence-corrected chi connectivity index (χ1v) is 5.72. The number of hydrogen-bond donors (Lipinski definition) is 1. The second kappa shape index (κ2) is 5.62. The molecule has 0 aliphatic heterocycles. The number of nitro groups is 1. The molecule has 1 aromatic heterocycles. The van der Waals surface area contributed by atoms with Crippen molar-refractivity contribution in [2.24, 2.45) is 0 Å². The Balaban J connectivity index is 2.24. The fraction of sp³-hybridized carbons (Fsp3) is 0.0833. The maximum Gasteiger partial charge on any atom is 0.294 e. The van der Waals surface area contributed by atoms with Gasteiger partial charge in [0.25, 0.3) is 5.69 Å². The van der Waals surface area contributed by atoms with Crippen LogP contribution in [0.15, 0.2) is 36.7 Å². The molecule has 0 saturated heterocycles. The molecule has 19 heavy (non-hydrogen) atoms. The van der Waals surface area contributed by atoms with E-state index in [0.29, 0.717) is 6.54 Å². The molecule has 0 atom stereocenters. The van der Waals surface area contributed by atoms with Crippen LogP contribution in [0.2, 0.25) is 5.02 Å². The molecule has 2 rings (SSSR count). The van der Waals surface area contributed by atoms with Crippen molar-refractivity contribution in [2.75, 3.05) is 5.32 Å². The van der Waals surface area contributed by atoms with E-state index in [9.17, 15) is 14.5 Å². The molecule has 1 aromatic carbocycles. The number of halogens is 2. The number of nitro benzene ring substituents is 1. The minimum atomic E-state index is -0.704. The maximum absolute atomic E-state index is 13.3. The summed E-state index contributed by atoms with van der Waals surface area (Å²) in [7, 11) is 0. The van der Waals surface area contributed by atoms with Crippen LogP contribution in [0.5, 0.6) is 0 Å². The number of aromatic nitrogens is 1. The summed E-state index contributed by atoms with van der Waals surface area (Å²) in [6.45, 7) is 0.324. The van der Waals surface area contributed by atoms with Crippen molar-refractivity contribution >= 4 is 23.0 Å². The molecule has 0 aliphatic carbocycles. The van der Waals surface area contributed by atoms with Crippen LogP contribution in [0.3, 0.4) is 0 Å². The summed E-state index contributed by atoms with van der Waals surface area (Å²) < 4.78 is 13.3. The van der Waals surface area contributed by atoms with E-state index >= 15 is 0 Å². The van der Waals surface area contributed by atoms with Crippen LogP contribution < -0.4 is 5.32 Å². The van der Waals surface area contributed by atoms with Gasteiger partial charge in [0.2, 0.25) is 0 Å². The van der Waals surface area contributed by atoms with Crippen LogP contribution >= 0.6 is 11.6 Å². The van der Waals surface area contributed by atoms with Crippen molar-refractivity contribution in [3.63, 3.8) is 0 Å². The van der Waals surface area contributed by atoms with Gasteiger partial charge in [-0.15, -0.1) is 0 Å². The number of hydrogen-bond acceptors (Lipinski definition) is 4. The van der Waals surface area contributed by atoms with Crippen LogP contribution in [0.4, 0.5) is 15.8 Å². The second-order valence-corrected chi connectivity index (χ2v) is 4.16. The Hall–Kier alpha value is -2.21. The summed E-state index contributed by atoms with van der Waals surface area (Å²) in [4.78, 5) is 14.1. The molecule has 0 spiro atoms. The summed E-state index contributed by atoms with van der Waals surface area (Å²) in [5.74, 6) is -0.704. The summed E-state index contributed by atoms with van der Waals surface area (Å²) >= 11 is 5.53. The highest BCUT2D eigenvalue weighted by atomic mass is 35.5. The number of rotatable bonds is 4. The predicted molar refractivity (Wildman–Crippen MR) is 69.6 cm³/mol. The number of anilines is 1. The Kier molecular flexibility index (Phi) is 3.91. The Labute approximate surface area is 113 Å². The molecule has 0 radical (unpaired) electrons. The summed E-state index contributed by atoms with van der Waals surface area (Å²) in [5, 5.41) is 13.4. The normalized spacial score (nSPS) is 10.2. The third kappa shape index (κ3) is 3.17. The molecule has 98 valence electrons. The molecule has 1 heterocycles. The lowest BCUT2D eigenvalue weighted by Crippen LogP contribution is -2.03. The van der Waals surface area contributed by atoms with Gasteiger partial charge >= 0.3 is 0 Å². The SMILES string of the molecule is O=[N+]([O-])c1cc(Cl)c(F)cc1NCc1ccncc1. The highest BCUT2D eigenvalue weighted by Crippen LogP contribution is 2.30. The Morgan fingerprint density at radius 3 is 2.68 bits per heavy atom. The maximum atomic E-state index is 13.3. The molecule has 0 aliphatic rings. The molecule has 1 N–H and O–H groups in total. The molecule has 0 amide bonds. The minimum absolute atomic E-state index is 0.0868. The van der Waals surface area contributed by atoms with Crippen molar-refractivity contribution in [1.29, 1.82) is 0 Å². The predicted octanol–water partition coefficient (Wildman–Crippen LogP) is 3.39. The first kappa shape index (κ1) is 13.2. The quantitative estimate of drug-likeness (QED) is 0.689.